The number of alkyl halides is 3. The van der Waals surface area contributed by atoms with Crippen molar-refractivity contribution in [1.82, 2.24) is 0 Å². The molecule has 0 amide bonds. The number of anilines is 1. The fourth-order valence-electron chi connectivity index (χ4n) is 3.63. The first kappa shape index (κ1) is 24.7. The van der Waals surface area contributed by atoms with Gasteiger partial charge >= 0.3 is 12.1 Å². The number of benzene rings is 4. The van der Waals surface area contributed by atoms with E-state index >= 15 is 0 Å². The molecule has 0 radical (unpaired) electrons. The molecule has 0 fully saturated rings. The first-order valence-electron chi connectivity index (χ1n) is 11.0. The summed E-state index contributed by atoms with van der Waals surface area (Å²) in [7, 11) is 0. The van der Waals surface area contributed by atoms with E-state index < -0.39 is 17.7 Å². The average Bonchev–Trinajstić information content (AvgIpc) is 2.87. The van der Waals surface area contributed by atoms with Crippen LogP contribution < -0.4 is 5.32 Å². The Morgan fingerprint density at radius 1 is 0.806 bits per heavy atom. The predicted octanol–water partition coefficient (Wildman–Crippen LogP) is 7.99. The van der Waals surface area contributed by atoms with E-state index in [-0.39, 0.29) is 11.4 Å². The molecule has 4 rings (SSSR count). The summed E-state index contributed by atoms with van der Waals surface area (Å²) in [6, 6.07) is 23.3. The summed E-state index contributed by atoms with van der Waals surface area (Å²) >= 11 is 0. The summed E-state index contributed by atoms with van der Waals surface area (Å²) in [5.41, 5.74) is 3.84. The van der Waals surface area contributed by atoms with Crippen LogP contribution in [0.5, 0.6) is 0 Å². The molecule has 36 heavy (non-hydrogen) atoms. The van der Waals surface area contributed by atoms with Crippen molar-refractivity contribution in [2.75, 3.05) is 5.32 Å². The smallest absolute Gasteiger partial charge is 0.416 e. The lowest BCUT2D eigenvalue weighted by Crippen LogP contribution is -2.05. The summed E-state index contributed by atoms with van der Waals surface area (Å²) in [5, 5.41) is 12.7. The SMILES string of the molecule is O=C(O)c1ccc(-c2ccc(F)cc2)cc1/C=C/c1ccc(NCc2ccc(C(F)(F)F)cc2)cc1. The van der Waals surface area contributed by atoms with Crippen LogP contribution in [0.2, 0.25) is 0 Å². The Balaban J connectivity index is 1.45. The Kier molecular flexibility index (Phi) is 7.20. The van der Waals surface area contributed by atoms with Crippen molar-refractivity contribution in [2.45, 2.75) is 12.7 Å². The zero-order chi connectivity index (χ0) is 25.7. The van der Waals surface area contributed by atoms with Crippen molar-refractivity contribution in [3.05, 3.63) is 125 Å². The van der Waals surface area contributed by atoms with E-state index in [4.69, 9.17) is 0 Å². The molecule has 0 aromatic heterocycles. The first-order valence-corrected chi connectivity index (χ1v) is 11.0. The molecule has 0 atom stereocenters. The van der Waals surface area contributed by atoms with Crippen molar-refractivity contribution >= 4 is 23.8 Å². The molecule has 4 aromatic rings. The Labute approximate surface area is 205 Å². The first-order chi connectivity index (χ1) is 17.2. The summed E-state index contributed by atoms with van der Waals surface area (Å²) in [6.45, 7) is 0.367. The van der Waals surface area contributed by atoms with Gasteiger partial charge in [-0.1, -0.05) is 54.6 Å². The van der Waals surface area contributed by atoms with Crippen LogP contribution in [0.3, 0.4) is 0 Å². The zero-order valence-electron chi connectivity index (χ0n) is 18.9. The Hall–Kier alpha value is -4.39. The number of carbonyl (C=O) groups is 1. The Morgan fingerprint density at radius 2 is 1.44 bits per heavy atom. The molecule has 0 saturated carbocycles. The van der Waals surface area contributed by atoms with Gasteiger partial charge < -0.3 is 10.4 Å². The van der Waals surface area contributed by atoms with Crippen molar-refractivity contribution in [1.29, 1.82) is 0 Å². The topological polar surface area (TPSA) is 49.3 Å². The summed E-state index contributed by atoms with van der Waals surface area (Å²) in [5.74, 6) is -1.40. The van der Waals surface area contributed by atoms with Crippen LogP contribution >= 0.6 is 0 Å². The lowest BCUT2D eigenvalue weighted by atomic mass is 9.98. The minimum Gasteiger partial charge on any atom is -0.478 e. The molecular formula is C29H21F4NO2. The van der Waals surface area contributed by atoms with Gasteiger partial charge in [0.1, 0.15) is 5.82 Å². The van der Waals surface area contributed by atoms with E-state index in [1.807, 2.05) is 24.3 Å². The monoisotopic (exact) mass is 491 g/mol. The second-order valence-electron chi connectivity index (χ2n) is 8.12. The molecule has 0 aliphatic carbocycles. The van der Waals surface area contributed by atoms with E-state index in [0.29, 0.717) is 17.7 Å². The molecule has 0 spiro atoms. The maximum Gasteiger partial charge on any atom is 0.416 e. The lowest BCUT2D eigenvalue weighted by Gasteiger charge is -2.09. The molecule has 2 N–H and O–H groups in total. The highest BCUT2D eigenvalue weighted by Crippen LogP contribution is 2.29. The van der Waals surface area contributed by atoms with Gasteiger partial charge in [-0.3, -0.25) is 0 Å². The van der Waals surface area contributed by atoms with Gasteiger partial charge in [-0.05, 0) is 76.3 Å². The molecule has 3 nitrogen and oxygen atoms in total. The fourth-order valence-corrected chi connectivity index (χ4v) is 3.63. The van der Waals surface area contributed by atoms with E-state index in [9.17, 15) is 27.5 Å². The fraction of sp³-hybridized carbons (Fsp3) is 0.0690. The number of halogens is 4. The highest BCUT2D eigenvalue weighted by atomic mass is 19.4. The summed E-state index contributed by atoms with van der Waals surface area (Å²) < 4.78 is 51.3. The van der Waals surface area contributed by atoms with Crippen LogP contribution in [0.4, 0.5) is 23.2 Å². The molecule has 0 unspecified atom stereocenters. The highest BCUT2D eigenvalue weighted by Gasteiger charge is 2.29. The predicted molar refractivity (Wildman–Crippen MR) is 133 cm³/mol. The van der Waals surface area contributed by atoms with Crippen LogP contribution in [0, 0.1) is 5.82 Å². The van der Waals surface area contributed by atoms with E-state index in [1.165, 1.54) is 30.3 Å². The third-order valence-corrected chi connectivity index (χ3v) is 5.60. The minimum absolute atomic E-state index is 0.145. The minimum atomic E-state index is -4.36. The maximum absolute atomic E-state index is 13.2. The van der Waals surface area contributed by atoms with E-state index in [2.05, 4.69) is 5.32 Å². The van der Waals surface area contributed by atoms with Crippen molar-refractivity contribution < 1.29 is 27.5 Å². The van der Waals surface area contributed by atoms with Gasteiger partial charge in [0.15, 0.2) is 0 Å². The number of nitrogens with one attached hydrogen (secondary N) is 1. The molecule has 7 heteroatoms. The molecule has 4 aromatic carbocycles. The van der Waals surface area contributed by atoms with Gasteiger partial charge in [-0.15, -0.1) is 0 Å². The van der Waals surface area contributed by atoms with Crippen LogP contribution in [-0.2, 0) is 12.7 Å². The van der Waals surface area contributed by atoms with E-state index in [1.54, 1.807) is 36.4 Å². The van der Waals surface area contributed by atoms with Crippen LogP contribution in [-0.4, -0.2) is 11.1 Å². The third kappa shape index (κ3) is 6.18. The number of hydrogen-bond acceptors (Lipinski definition) is 2. The average molecular weight is 491 g/mol. The third-order valence-electron chi connectivity index (χ3n) is 5.60. The van der Waals surface area contributed by atoms with Crippen molar-refractivity contribution in [2.24, 2.45) is 0 Å². The second kappa shape index (κ2) is 10.5. The number of hydrogen-bond donors (Lipinski definition) is 2. The number of aromatic carboxylic acids is 1. The molecule has 0 aliphatic rings. The number of rotatable bonds is 7. The number of carboxylic acid groups (broad SMARTS) is 1. The largest absolute Gasteiger partial charge is 0.478 e. The van der Waals surface area contributed by atoms with Crippen molar-refractivity contribution in [3.8, 4) is 11.1 Å². The summed E-state index contributed by atoms with van der Waals surface area (Å²) in [6.07, 6.45) is -0.861. The quantitative estimate of drug-likeness (QED) is 0.203. The van der Waals surface area contributed by atoms with Crippen molar-refractivity contribution in [3.63, 3.8) is 0 Å². The molecule has 182 valence electrons. The van der Waals surface area contributed by atoms with Crippen LogP contribution in [0.1, 0.15) is 32.6 Å². The zero-order valence-corrected chi connectivity index (χ0v) is 18.9. The maximum atomic E-state index is 13.2. The van der Waals surface area contributed by atoms with Gasteiger partial charge in [0, 0.05) is 12.2 Å². The van der Waals surface area contributed by atoms with Gasteiger partial charge in [0.25, 0.3) is 0 Å². The molecule has 0 heterocycles. The van der Waals surface area contributed by atoms with Crippen LogP contribution in [0.15, 0.2) is 91.0 Å². The molecular weight excluding hydrogens is 470 g/mol. The molecule has 0 bridgehead atoms. The van der Waals surface area contributed by atoms with Gasteiger partial charge in [0.05, 0.1) is 11.1 Å². The highest BCUT2D eigenvalue weighted by molar-refractivity contribution is 5.94. The van der Waals surface area contributed by atoms with Gasteiger partial charge in [0.2, 0.25) is 0 Å². The molecule has 0 aliphatic heterocycles. The van der Waals surface area contributed by atoms with E-state index in [0.717, 1.165) is 34.5 Å². The van der Waals surface area contributed by atoms with Crippen LogP contribution in [0.25, 0.3) is 23.3 Å². The molecule has 0 saturated heterocycles. The normalized spacial score (nSPS) is 11.6. The Morgan fingerprint density at radius 3 is 2.06 bits per heavy atom. The standard InChI is InChI=1S/C29H21F4NO2/c30-25-12-7-21(8-13-25)22-9-16-27(28(35)36)23(17-22)6-1-19-4-14-26(15-5-19)34-18-20-2-10-24(11-3-20)29(31,32)33/h1-17,34H,18H2,(H,35,36)/b6-1+. The number of carboxylic acids is 1. The van der Waals surface area contributed by atoms with Gasteiger partial charge in [-0.2, -0.15) is 13.2 Å². The Bertz CT molecular complexity index is 1380. The summed E-state index contributed by atoms with van der Waals surface area (Å²) in [4.78, 5) is 11.7. The lowest BCUT2D eigenvalue weighted by molar-refractivity contribution is -0.137. The van der Waals surface area contributed by atoms with Gasteiger partial charge in [-0.25, -0.2) is 9.18 Å². The second-order valence-corrected chi connectivity index (χ2v) is 8.12.